The Labute approximate surface area is 140 Å². The number of ether oxygens (including phenoxy) is 1. The number of anilines is 1. The molecule has 0 aliphatic heterocycles. The maximum Gasteiger partial charge on any atom is 0.412 e. The summed E-state index contributed by atoms with van der Waals surface area (Å²) in [4.78, 5) is 24.5. The molecule has 0 heterocycles. The molecule has 0 saturated heterocycles. The maximum atomic E-state index is 11.8. The number of nitrogens with one attached hydrogen (secondary N) is 1. The molecule has 0 radical (unpaired) electrons. The lowest BCUT2D eigenvalue weighted by molar-refractivity contribution is 0.0636. The molecule has 0 bridgehead atoms. The molecule has 2 aromatic rings. The van der Waals surface area contributed by atoms with E-state index in [0.717, 1.165) is 16.1 Å². The van der Waals surface area contributed by atoms with Crippen molar-refractivity contribution in [2.45, 2.75) is 36.2 Å². The first-order chi connectivity index (χ1) is 10.9. The van der Waals surface area contributed by atoms with E-state index in [9.17, 15) is 9.59 Å². The lowest BCUT2D eigenvalue weighted by atomic mass is 10.2. The first-order valence-corrected chi connectivity index (χ1v) is 8.00. The van der Waals surface area contributed by atoms with Crippen molar-refractivity contribution in [3.05, 3.63) is 54.1 Å². The highest BCUT2D eigenvalue weighted by atomic mass is 32.2. The molecule has 4 nitrogen and oxygen atoms in total. The minimum Gasteiger partial charge on any atom is -0.444 e. The van der Waals surface area contributed by atoms with E-state index in [1.807, 2.05) is 57.2 Å². The Hall–Kier alpha value is -2.27. The fourth-order valence-electron chi connectivity index (χ4n) is 1.81. The summed E-state index contributed by atoms with van der Waals surface area (Å²) in [5, 5.41) is 2.72. The smallest absolute Gasteiger partial charge is 0.412 e. The molecule has 0 aliphatic rings. The van der Waals surface area contributed by atoms with Crippen molar-refractivity contribution in [3.8, 4) is 0 Å². The number of carbonyl (C=O) groups excluding carboxylic acids is 2. The second kappa shape index (κ2) is 7.33. The fourth-order valence-corrected chi connectivity index (χ4v) is 2.69. The van der Waals surface area contributed by atoms with E-state index in [1.54, 1.807) is 23.9 Å². The van der Waals surface area contributed by atoms with Crippen molar-refractivity contribution in [1.82, 2.24) is 0 Å². The quantitative estimate of drug-likeness (QED) is 0.802. The summed E-state index contributed by atoms with van der Waals surface area (Å²) in [7, 11) is 0. The molecule has 0 fully saturated rings. The number of hydrogen-bond acceptors (Lipinski definition) is 4. The first-order valence-electron chi connectivity index (χ1n) is 7.19. The Morgan fingerprint density at radius 2 is 1.78 bits per heavy atom. The van der Waals surface area contributed by atoms with Gasteiger partial charge in [0.15, 0.2) is 0 Å². The van der Waals surface area contributed by atoms with E-state index in [2.05, 4.69) is 5.32 Å². The van der Waals surface area contributed by atoms with Crippen LogP contribution in [0, 0.1) is 0 Å². The Morgan fingerprint density at radius 3 is 2.39 bits per heavy atom. The molecule has 2 aromatic carbocycles. The zero-order valence-electron chi connectivity index (χ0n) is 13.3. The van der Waals surface area contributed by atoms with Crippen molar-refractivity contribution < 1.29 is 14.3 Å². The molecule has 5 heteroatoms. The summed E-state index contributed by atoms with van der Waals surface area (Å²) in [6, 6.07) is 14.8. The van der Waals surface area contributed by atoms with E-state index >= 15 is 0 Å². The second-order valence-corrected chi connectivity index (χ2v) is 7.09. The molecule has 0 aromatic heterocycles. The number of aldehydes is 1. The highest BCUT2D eigenvalue weighted by Gasteiger charge is 2.16. The SMILES string of the molecule is CC(C)(C)OC(=O)Nc1cccc(Sc2ccc(C=O)cc2)c1. The monoisotopic (exact) mass is 329 g/mol. The zero-order valence-corrected chi connectivity index (χ0v) is 14.1. The van der Waals surface area contributed by atoms with E-state index in [-0.39, 0.29) is 0 Å². The Morgan fingerprint density at radius 1 is 1.09 bits per heavy atom. The zero-order chi connectivity index (χ0) is 16.9. The predicted octanol–water partition coefficient (Wildman–Crippen LogP) is 5.00. The molecule has 1 N–H and O–H groups in total. The van der Waals surface area contributed by atoms with Gasteiger partial charge in [0.1, 0.15) is 11.9 Å². The van der Waals surface area contributed by atoms with Gasteiger partial charge in [0.2, 0.25) is 0 Å². The van der Waals surface area contributed by atoms with Crippen LogP contribution in [0.5, 0.6) is 0 Å². The normalized spacial score (nSPS) is 10.9. The molecule has 0 atom stereocenters. The van der Waals surface area contributed by atoms with Gasteiger partial charge in [-0.25, -0.2) is 4.79 Å². The van der Waals surface area contributed by atoms with Crippen LogP contribution in [0.4, 0.5) is 10.5 Å². The number of amides is 1. The summed E-state index contributed by atoms with van der Waals surface area (Å²) in [6.07, 6.45) is 0.342. The van der Waals surface area contributed by atoms with E-state index in [1.165, 1.54) is 0 Å². The van der Waals surface area contributed by atoms with Crippen LogP contribution in [-0.4, -0.2) is 18.0 Å². The van der Waals surface area contributed by atoms with E-state index in [4.69, 9.17) is 4.74 Å². The summed E-state index contributed by atoms with van der Waals surface area (Å²) in [5.41, 5.74) is 0.792. The van der Waals surface area contributed by atoms with Crippen LogP contribution in [-0.2, 0) is 4.74 Å². The molecular formula is C18H19NO3S. The van der Waals surface area contributed by atoms with E-state index < -0.39 is 11.7 Å². The van der Waals surface area contributed by atoms with Gasteiger partial charge in [-0.2, -0.15) is 0 Å². The number of benzene rings is 2. The third-order valence-electron chi connectivity index (χ3n) is 2.73. The third kappa shape index (κ3) is 5.79. The van der Waals surface area contributed by atoms with Gasteiger partial charge in [-0.1, -0.05) is 30.0 Å². The fraction of sp³-hybridized carbons (Fsp3) is 0.222. The Kier molecular flexibility index (Phi) is 5.45. The summed E-state index contributed by atoms with van der Waals surface area (Å²) < 4.78 is 5.24. The second-order valence-electron chi connectivity index (χ2n) is 5.94. The van der Waals surface area contributed by atoms with Gasteiger partial charge in [-0.15, -0.1) is 0 Å². The van der Waals surface area contributed by atoms with Crippen LogP contribution in [0.1, 0.15) is 31.1 Å². The number of carbonyl (C=O) groups is 2. The van der Waals surface area contributed by atoms with Gasteiger partial charge in [-0.05, 0) is 51.1 Å². The molecule has 0 saturated carbocycles. The minimum atomic E-state index is -0.531. The topological polar surface area (TPSA) is 55.4 Å². The van der Waals surface area contributed by atoms with Crippen molar-refractivity contribution in [1.29, 1.82) is 0 Å². The van der Waals surface area contributed by atoms with Crippen LogP contribution in [0.25, 0.3) is 0 Å². The molecule has 120 valence electrons. The van der Waals surface area contributed by atoms with Gasteiger partial charge in [0.25, 0.3) is 0 Å². The largest absolute Gasteiger partial charge is 0.444 e. The standard InChI is InChI=1S/C18H19NO3S/c1-18(2,3)22-17(21)19-14-5-4-6-16(11-14)23-15-9-7-13(12-20)8-10-15/h4-12H,1-3H3,(H,19,21). The van der Waals surface area contributed by atoms with Crippen LogP contribution in [0.15, 0.2) is 58.3 Å². The molecule has 2 rings (SSSR count). The number of rotatable bonds is 4. The van der Waals surface area contributed by atoms with Crippen molar-refractivity contribution >= 4 is 29.8 Å². The first kappa shape index (κ1) is 17.1. The van der Waals surface area contributed by atoms with Gasteiger partial charge in [0, 0.05) is 21.0 Å². The average Bonchev–Trinajstić information content (AvgIpc) is 2.46. The predicted molar refractivity (Wildman–Crippen MR) is 92.3 cm³/mol. The Balaban J connectivity index is 2.04. The summed E-state index contributed by atoms with van der Waals surface area (Å²) in [6.45, 7) is 5.46. The van der Waals surface area contributed by atoms with Crippen LogP contribution in [0.3, 0.4) is 0 Å². The van der Waals surface area contributed by atoms with Crippen molar-refractivity contribution in [2.75, 3.05) is 5.32 Å². The van der Waals surface area contributed by atoms with Gasteiger partial charge in [0.05, 0.1) is 0 Å². The molecule has 23 heavy (non-hydrogen) atoms. The summed E-state index contributed by atoms with van der Waals surface area (Å²) in [5.74, 6) is 0. The van der Waals surface area contributed by atoms with Gasteiger partial charge in [-0.3, -0.25) is 10.1 Å². The summed E-state index contributed by atoms with van der Waals surface area (Å²) >= 11 is 1.55. The minimum absolute atomic E-state index is 0.477. The molecule has 0 spiro atoms. The van der Waals surface area contributed by atoms with Gasteiger partial charge < -0.3 is 4.74 Å². The molecule has 0 unspecified atom stereocenters. The third-order valence-corrected chi connectivity index (χ3v) is 3.73. The maximum absolute atomic E-state index is 11.8. The molecular weight excluding hydrogens is 310 g/mol. The van der Waals surface area contributed by atoms with Crippen molar-refractivity contribution in [2.24, 2.45) is 0 Å². The lowest BCUT2D eigenvalue weighted by Crippen LogP contribution is -2.27. The average molecular weight is 329 g/mol. The highest BCUT2D eigenvalue weighted by Crippen LogP contribution is 2.29. The lowest BCUT2D eigenvalue weighted by Gasteiger charge is -2.19. The van der Waals surface area contributed by atoms with Crippen LogP contribution >= 0.6 is 11.8 Å². The van der Waals surface area contributed by atoms with Crippen molar-refractivity contribution in [3.63, 3.8) is 0 Å². The molecule has 0 aliphatic carbocycles. The molecule has 1 amide bonds. The van der Waals surface area contributed by atoms with Crippen LogP contribution in [0.2, 0.25) is 0 Å². The van der Waals surface area contributed by atoms with Gasteiger partial charge >= 0.3 is 6.09 Å². The van der Waals surface area contributed by atoms with Crippen LogP contribution < -0.4 is 5.32 Å². The Bertz CT molecular complexity index is 690. The number of hydrogen-bond donors (Lipinski definition) is 1. The van der Waals surface area contributed by atoms with E-state index in [0.29, 0.717) is 11.3 Å². The highest BCUT2D eigenvalue weighted by molar-refractivity contribution is 7.99.